The minimum absolute atomic E-state index is 0.0112. The molecule has 0 fully saturated rings. The molecule has 0 aliphatic rings. The fraction of sp³-hybridized carbons (Fsp3) is 0.385. The first-order valence-electron chi connectivity index (χ1n) is 6.20. The molecule has 0 radical (unpaired) electrons. The van der Waals surface area contributed by atoms with Gasteiger partial charge in [0.2, 0.25) is 0 Å². The second kappa shape index (κ2) is 7.10. The number of carbonyl (C=O) groups is 2. The summed E-state index contributed by atoms with van der Waals surface area (Å²) in [6.45, 7) is 5.39. The van der Waals surface area contributed by atoms with Crippen molar-refractivity contribution in [3.05, 3.63) is 28.7 Å². The summed E-state index contributed by atoms with van der Waals surface area (Å²) in [5, 5.41) is 0. The van der Waals surface area contributed by atoms with Gasteiger partial charge in [-0.15, -0.1) is 0 Å². The highest BCUT2D eigenvalue weighted by atomic mass is 79.9. The third kappa shape index (κ3) is 6.02. The van der Waals surface area contributed by atoms with Gasteiger partial charge in [-0.05, 0) is 33.5 Å². The fourth-order valence-corrected chi connectivity index (χ4v) is 3.26. The Balaban J connectivity index is 2.62. The number of amides is 1. The van der Waals surface area contributed by atoms with E-state index in [0.717, 1.165) is 0 Å². The lowest BCUT2D eigenvalue weighted by atomic mass is 9.93. The number of rotatable bonds is 3. The molecule has 122 valence electrons. The normalized spacial score (nSPS) is 11.6. The number of nitrogens with one attached hydrogen (secondary N) is 1. The quantitative estimate of drug-likeness (QED) is 0.625. The van der Waals surface area contributed by atoms with Crippen LogP contribution in [0.3, 0.4) is 0 Å². The van der Waals surface area contributed by atoms with E-state index in [1.807, 2.05) is 0 Å². The Morgan fingerprint density at radius 2 is 1.77 bits per heavy atom. The zero-order valence-corrected chi connectivity index (χ0v) is 14.7. The molecular weight excluding hydrogens is 378 g/mol. The van der Waals surface area contributed by atoms with Crippen LogP contribution in [-0.2, 0) is 24.6 Å². The topological polar surface area (TPSA) is 98.8 Å². The molecule has 7 nitrogen and oxygen atoms in total. The average molecular weight is 394 g/mol. The number of hydrogen-bond acceptors (Lipinski definition) is 6. The van der Waals surface area contributed by atoms with Gasteiger partial charge < -0.3 is 0 Å². The van der Waals surface area contributed by atoms with Crippen molar-refractivity contribution < 1.29 is 27.8 Å². The van der Waals surface area contributed by atoms with Crippen LogP contribution in [0, 0.1) is 5.41 Å². The van der Waals surface area contributed by atoms with E-state index in [4.69, 9.17) is 0 Å². The van der Waals surface area contributed by atoms with E-state index in [1.54, 1.807) is 31.6 Å². The highest BCUT2D eigenvalue weighted by molar-refractivity contribution is 9.10. The van der Waals surface area contributed by atoms with E-state index >= 15 is 0 Å². The van der Waals surface area contributed by atoms with E-state index in [1.165, 1.54) is 18.2 Å². The maximum atomic E-state index is 12.0. The molecule has 1 amide bonds. The summed E-state index contributed by atoms with van der Waals surface area (Å²) in [5.74, 6) is -0.777. The molecule has 1 aromatic carbocycles. The van der Waals surface area contributed by atoms with Crippen LogP contribution >= 0.6 is 15.9 Å². The van der Waals surface area contributed by atoms with Crippen LogP contribution in [0.4, 0.5) is 4.79 Å². The van der Waals surface area contributed by atoms with Crippen LogP contribution in [0.15, 0.2) is 33.6 Å². The molecule has 0 aliphatic heterocycles. The summed E-state index contributed by atoms with van der Waals surface area (Å²) in [6, 6.07) is 5.91. The van der Waals surface area contributed by atoms with Gasteiger partial charge in [-0.3, -0.25) is 0 Å². The molecule has 0 spiro atoms. The SMILES string of the molecule is CC(C)(C)CC(=O)OOC(=O)NS(=O)(=O)c1ccccc1Br. The van der Waals surface area contributed by atoms with E-state index in [-0.39, 0.29) is 21.2 Å². The van der Waals surface area contributed by atoms with E-state index in [0.29, 0.717) is 0 Å². The minimum atomic E-state index is -4.14. The number of sulfonamides is 1. The van der Waals surface area contributed by atoms with Gasteiger partial charge >= 0.3 is 12.1 Å². The third-order valence-electron chi connectivity index (χ3n) is 2.23. The summed E-state index contributed by atoms with van der Waals surface area (Å²) in [7, 11) is -4.14. The predicted molar refractivity (Wildman–Crippen MR) is 81.1 cm³/mol. The maximum absolute atomic E-state index is 12.0. The first-order valence-corrected chi connectivity index (χ1v) is 8.47. The summed E-state index contributed by atoms with van der Waals surface area (Å²) in [6.07, 6.45) is -1.39. The Morgan fingerprint density at radius 1 is 1.18 bits per heavy atom. The van der Waals surface area contributed by atoms with Crippen molar-refractivity contribution in [3.8, 4) is 0 Å². The van der Waals surface area contributed by atoms with Crippen LogP contribution in [0.25, 0.3) is 0 Å². The Bertz CT molecular complexity index is 665. The van der Waals surface area contributed by atoms with Crippen LogP contribution < -0.4 is 4.72 Å². The van der Waals surface area contributed by atoms with Gasteiger partial charge in [0.05, 0.1) is 6.42 Å². The molecule has 0 aliphatic carbocycles. The monoisotopic (exact) mass is 393 g/mol. The largest absolute Gasteiger partial charge is 0.464 e. The Morgan fingerprint density at radius 3 is 2.32 bits per heavy atom. The van der Waals surface area contributed by atoms with Gasteiger partial charge in [-0.2, -0.15) is 0 Å². The molecule has 0 saturated carbocycles. The summed E-state index contributed by atoms with van der Waals surface area (Å²) in [5.41, 5.74) is -0.349. The number of benzene rings is 1. The third-order valence-corrected chi connectivity index (χ3v) is 4.55. The maximum Gasteiger partial charge on any atom is 0.464 e. The van der Waals surface area contributed by atoms with E-state index in [9.17, 15) is 18.0 Å². The molecule has 1 rings (SSSR count). The highest BCUT2D eigenvalue weighted by Crippen LogP contribution is 2.21. The molecule has 0 heterocycles. The van der Waals surface area contributed by atoms with Gasteiger partial charge in [0.25, 0.3) is 10.0 Å². The summed E-state index contributed by atoms with van der Waals surface area (Å²) < 4.78 is 25.8. The smallest absolute Gasteiger partial charge is 0.247 e. The van der Waals surface area contributed by atoms with Crippen molar-refractivity contribution in [3.63, 3.8) is 0 Å². The second-order valence-corrected chi connectivity index (χ2v) is 8.10. The van der Waals surface area contributed by atoms with Gasteiger partial charge in [0.1, 0.15) is 4.90 Å². The first-order chi connectivity index (χ1) is 10.0. The Kier molecular flexibility index (Phi) is 5.95. The first kappa shape index (κ1) is 18.4. The molecule has 0 bridgehead atoms. The van der Waals surface area contributed by atoms with Crippen LogP contribution in [0.1, 0.15) is 27.2 Å². The summed E-state index contributed by atoms with van der Waals surface area (Å²) in [4.78, 5) is 31.0. The van der Waals surface area contributed by atoms with E-state index in [2.05, 4.69) is 25.7 Å². The molecule has 9 heteroatoms. The number of hydrogen-bond donors (Lipinski definition) is 1. The van der Waals surface area contributed by atoms with Gasteiger partial charge in [-0.25, -0.2) is 32.5 Å². The zero-order chi connectivity index (χ0) is 17.0. The van der Waals surface area contributed by atoms with Crippen molar-refractivity contribution in [2.45, 2.75) is 32.1 Å². The molecule has 0 saturated heterocycles. The van der Waals surface area contributed by atoms with Gasteiger partial charge in [0.15, 0.2) is 0 Å². The fourth-order valence-electron chi connectivity index (χ4n) is 1.39. The lowest BCUT2D eigenvalue weighted by molar-refractivity contribution is -0.233. The zero-order valence-electron chi connectivity index (χ0n) is 12.3. The van der Waals surface area contributed by atoms with Gasteiger partial charge in [0, 0.05) is 4.47 Å². The Labute approximate surface area is 137 Å². The average Bonchev–Trinajstić information content (AvgIpc) is 2.34. The van der Waals surface area contributed by atoms with Crippen molar-refractivity contribution in [1.82, 2.24) is 4.72 Å². The minimum Gasteiger partial charge on any atom is -0.247 e. The van der Waals surface area contributed by atoms with Crippen molar-refractivity contribution >= 4 is 38.0 Å². The van der Waals surface area contributed by atoms with Crippen LogP contribution in [0.2, 0.25) is 0 Å². The molecule has 1 aromatic rings. The van der Waals surface area contributed by atoms with Crippen molar-refractivity contribution in [1.29, 1.82) is 0 Å². The standard InChI is InChI=1S/C13H16BrNO6S/c1-13(2,3)8-11(16)20-21-12(17)15-22(18,19)10-7-5-4-6-9(10)14/h4-7H,8H2,1-3H3,(H,15,17). The van der Waals surface area contributed by atoms with Gasteiger partial charge in [-0.1, -0.05) is 32.9 Å². The molecular formula is C13H16BrNO6S. The molecule has 22 heavy (non-hydrogen) atoms. The van der Waals surface area contributed by atoms with Crippen LogP contribution in [0.5, 0.6) is 0 Å². The lowest BCUT2D eigenvalue weighted by Gasteiger charge is -2.15. The van der Waals surface area contributed by atoms with Crippen LogP contribution in [-0.4, -0.2) is 20.5 Å². The Hall–Kier alpha value is -1.61. The lowest BCUT2D eigenvalue weighted by Crippen LogP contribution is -2.32. The molecule has 0 aromatic heterocycles. The van der Waals surface area contributed by atoms with E-state index < -0.39 is 22.1 Å². The highest BCUT2D eigenvalue weighted by Gasteiger charge is 2.23. The number of carbonyl (C=O) groups excluding carboxylic acids is 2. The summed E-state index contributed by atoms with van der Waals surface area (Å²) >= 11 is 3.06. The second-order valence-electron chi connectivity index (χ2n) is 5.60. The predicted octanol–water partition coefficient (Wildman–Crippen LogP) is 2.76. The number of halogens is 1. The molecule has 0 atom stereocenters. The molecule has 0 unspecified atom stereocenters. The van der Waals surface area contributed by atoms with Crippen molar-refractivity contribution in [2.75, 3.05) is 0 Å². The van der Waals surface area contributed by atoms with Crippen molar-refractivity contribution in [2.24, 2.45) is 5.41 Å². The molecule has 1 N–H and O–H groups in total.